The highest BCUT2D eigenvalue weighted by molar-refractivity contribution is 6.14. The molecule has 1 N–H and O–H groups in total. The summed E-state index contributed by atoms with van der Waals surface area (Å²) in [5.74, 6) is 0.223. The number of aliphatic hydroxyl groups excluding tert-OH is 1. The number of carbonyl (C=O) groups is 1. The zero-order chi connectivity index (χ0) is 14.5. The second-order valence-electron chi connectivity index (χ2n) is 5.33. The van der Waals surface area contributed by atoms with Gasteiger partial charge in [0.15, 0.2) is 5.78 Å². The normalized spacial score (nSPS) is 21.5. The van der Waals surface area contributed by atoms with Crippen molar-refractivity contribution in [3.05, 3.63) is 47.2 Å². The van der Waals surface area contributed by atoms with Crippen LogP contribution >= 0.6 is 0 Å². The second-order valence-corrected chi connectivity index (χ2v) is 5.33. The third-order valence-electron chi connectivity index (χ3n) is 3.80. The number of ketones is 1. The Morgan fingerprint density at radius 2 is 2.05 bits per heavy atom. The van der Waals surface area contributed by atoms with Crippen molar-refractivity contribution in [1.29, 1.82) is 0 Å². The Morgan fingerprint density at radius 3 is 2.65 bits per heavy atom. The number of Topliss-reactive ketones (excluding diaryl/α,β-unsaturated/α-hetero) is 1. The predicted molar refractivity (Wildman–Crippen MR) is 81.3 cm³/mol. The van der Waals surface area contributed by atoms with Gasteiger partial charge in [0.1, 0.15) is 5.76 Å². The average Bonchev–Trinajstić information content (AvgIpc) is 2.46. The van der Waals surface area contributed by atoms with Crippen LogP contribution in [0, 0.1) is 0 Å². The second kappa shape index (κ2) is 6.51. The van der Waals surface area contributed by atoms with Gasteiger partial charge in [-0.05, 0) is 24.8 Å². The van der Waals surface area contributed by atoms with Gasteiger partial charge in [-0.25, -0.2) is 0 Å². The lowest BCUT2D eigenvalue weighted by Gasteiger charge is -2.22. The maximum Gasteiger partial charge on any atom is 0.168 e. The lowest BCUT2D eigenvalue weighted by atomic mass is 9.83. The molecule has 3 nitrogen and oxygen atoms in total. The predicted octanol–water partition coefficient (Wildman–Crippen LogP) is 3.81. The van der Waals surface area contributed by atoms with Gasteiger partial charge in [0.2, 0.25) is 0 Å². The minimum absolute atomic E-state index is 0.0188. The smallest absolute Gasteiger partial charge is 0.168 e. The van der Waals surface area contributed by atoms with Crippen molar-refractivity contribution in [2.24, 2.45) is 4.99 Å². The SMILES string of the molecule is CC[C@H](C)N=CC1=C(O)CC(c2ccccc2)CC1=O. The van der Waals surface area contributed by atoms with Crippen LogP contribution in [0.4, 0.5) is 0 Å². The number of carbonyl (C=O) groups excluding carboxylic acids is 1. The molecule has 2 atom stereocenters. The maximum atomic E-state index is 12.2. The first kappa shape index (κ1) is 14.5. The van der Waals surface area contributed by atoms with Crippen LogP contribution in [0.2, 0.25) is 0 Å². The van der Waals surface area contributed by atoms with Crippen LogP contribution in [0.1, 0.15) is 44.6 Å². The highest BCUT2D eigenvalue weighted by Gasteiger charge is 2.27. The fraction of sp³-hybridized carbons (Fsp3) is 0.412. The molecule has 1 aromatic carbocycles. The summed E-state index contributed by atoms with van der Waals surface area (Å²) in [6.07, 6.45) is 3.42. The number of hydrogen-bond donors (Lipinski definition) is 1. The van der Waals surface area contributed by atoms with Crippen LogP contribution in [-0.2, 0) is 4.79 Å². The Kier molecular flexibility index (Phi) is 4.72. The Hall–Kier alpha value is -1.90. The summed E-state index contributed by atoms with van der Waals surface area (Å²) >= 11 is 0. The molecule has 0 aliphatic heterocycles. The molecule has 1 unspecified atom stereocenters. The van der Waals surface area contributed by atoms with Gasteiger partial charge in [-0.1, -0.05) is 37.3 Å². The molecular formula is C17H21NO2. The lowest BCUT2D eigenvalue weighted by Crippen LogP contribution is -2.19. The number of aliphatic imine (C=N–C) groups is 1. The summed E-state index contributed by atoms with van der Waals surface area (Å²) in [6, 6.07) is 10.1. The zero-order valence-corrected chi connectivity index (χ0v) is 12.0. The molecule has 1 aliphatic rings. The summed E-state index contributed by atoms with van der Waals surface area (Å²) in [5.41, 5.74) is 1.49. The molecule has 0 bridgehead atoms. The van der Waals surface area contributed by atoms with E-state index in [0.717, 1.165) is 12.0 Å². The average molecular weight is 271 g/mol. The number of aliphatic hydroxyl groups is 1. The largest absolute Gasteiger partial charge is 0.511 e. The van der Waals surface area contributed by atoms with E-state index in [2.05, 4.69) is 4.99 Å². The fourth-order valence-corrected chi connectivity index (χ4v) is 2.32. The van der Waals surface area contributed by atoms with Gasteiger partial charge in [-0.15, -0.1) is 0 Å². The quantitative estimate of drug-likeness (QED) is 0.846. The van der Waals surface area contributed by atoms with E-state index >= 15 is 0 Å². The molecular weight excluding hydrogens is 250 g/mol. The van der Waals surface area contributed by atoms with E-state index in [-0.39, 0.29) is 23.5 Å². The van der Waals surface area contributed by atoms with Crippen LogP contribution in [0.15, 0.2) is 46.7 Å². The molecule has 0 amide bonds. The minimum atomic E-state index is -0.0188. The van der Waals surface area contributed by atoms with Crippen molar-refractivity contribution in [3.8, 4) is 0 Å². The van der Waals surface area contributed by atoms with E-state index in [9.17, 15) is 9.90 Å². The molecule has 0 saturated heterocycles. The number of benzene rings is 1. The van der Waals surface area contributed by atoms with Crippen LogP contribution in [-0.4, -0.2) is 23.1 Å². The van der Waals surface area contributed by atoms with Gasteiger partial charge >= 0.3 is 0 Å². The van der Waals surface area contributed by atoms with E-state index in [4.69, 9.17) is 0 Å². The van der Waals surface area contributed by atoms with Crippen molar-refractivity contribution in [3.63, 3.8) is 0 Å². The third-order valence-corrected chi connectivity index (χ3v) is 3.80. The molecule has 1 aliphatic carbocycles. The van der Waals surface area contributed by atoms with Gasteiger partial charge < -0.3 is 5.11 Å². The molecule has 0 spiro atoms. The topological polar surface area (TPSA) is 49.7 Å². The molecule has 0 heterocycles. The molecule has 0 aromatic heterocycles. The number of nitrogens with zero attached hydrogens (tertiary/aromatic N) is 1. The molecule has 3 heteroatoms. The molecule has 2 rings (SSSR count). The maximum absolute atomic E-state index is 12.2. The van der Waals surface area contributed by atoms with Crippen LogP contribution in [0.25, 0.3) is 0 Å². The Bertz CT molecular complexity index is 531. The highest BCUT2D eigenvalue weighted by Crippen LogP contribution is 2.32. The first-order valence-corrected chi connectivity index (χ1v) is 7.15. The molecule has 1 aromatic rings. The zero-order valence-electron chi connectivity index (χ0n) is 12.0. The molecule has 20 heavy (non-hydrogen) atoms. The van der Waals surface area contributed by atoms with E-state index in [1.165, 1.54) is 0 Å². The van der Waals surface area contributed by atoms with Gasteiger partial charge in [0.05, 0.1) is 5.57 Å². The summed E-state index contributed by atoms with van der Waals surface area (Å²) in [4.78, 5) is 16.5. The molecule has 106 valence electrons. The van der Waals surface area contributed by atoms with Crippen molar-refractivity contribution >= 4 is 12.0 Å². The summed E-state index contributed by atoms with van der Waals surface area (Å²) in [7, 11) is 0. The third kappa shape index (κ3) is 3.35. The highest BCUT2D eigenvalue weighted by atomic mass is 16.3. The Morgan fingerprint density at radius 1 is 1.35 bits per heavy atom. The van der Waals surface area contributed by atoms with E-state index in [1.54, 1.807) is 6.21 Å². The minimum Gasteiger partial charge on any atom is -0.511 e. The number of allylic oxidation sites excluding steroid dienone is 2. The number of rotatable bonds is 4. The lowest BCUT2D eigenvalue weighted by molar-refractivity contribution is -0.116. The number of hydrogen-bond acceptors (Lipinski definition) is 3. The van der Waals surface area contributed by atoms with E-state index in [0.29, 0.717) is 18.4 Å². The van der Waals surface area contributed by atoms with Crippen molar-refractivity contribution < 1.29 is 9.90 Å². The molecule has 0 fully saturated rings. The molecule has 0 radical (unpaired) electrons. The van der Waals surface area contributed by atoms with Crippen molar-refractivity contribution in [2.45, 2.75) is 45.1 Å². The van der Waals surface area contributed by atoms with Crippen LogP contribution < -0.4 is 0 Å². The standard InChI is InChI=1S/C17H21NO2/c1-3-12(2)18-11-15-16(19)9-14(10-17(15)20)13-7-5-4-6-8-13/h4-8,11-12,14,19H,3,9-10H2,1-2H3/t12-,14?/m0/s1. The van der Waals surface area contributed by atoms with Crippen molar-refractivity contribution in [1.82, 2.24) is 0 Å². The Balaban J connectivity index is 2.17. The van der Waals surface area contributed by atoms with Gasteiger partial charge in [0, 0.05) is 25.1 Å². The van der Waals surface area contributed by atoms with Gasteiger partial charge in [0.25, 0.3) is 0 Å². The fourth-order valence-electron chi connectivity index (χ4n) is 2.32. The van der Waals surface area contributed by atoms with E-state index in [1.807, 2.05) is 44.2 Å². The summed E-state index contributed by atoms with van der Waals surface area (Å²) in [6.45, 7) is 4.04. The van der Waals surface area contributed by atoms with E-state index < -0.39 is 0 Å². The Labute approximate surface area is 120 Å². The summed E-state index contributed by atoms with van der Waals surface area (Å²) in [5, 5.41) is 10.1. The van der Waals surface area contributed by atoms with Crippen LogP contribution in [0.5, 0.6) is 0 Å². The van der Waals surface area contributed by atoms with Gasteiger partial charge in [-0.2, -0.15) is 0 Å². The monoisotopic (exact) mass is 271 g/mol. The summed E-state index contributed by atoms with van der Waals surface area (Å²) < 4.78 is 0. The first-order chi connectivity index (χ1) is 9.61. The van der Waals surface area contributed by atoms with Gasteiger partial charge in [-0.3, -0.25) is 9.79 Å². The van der Waals surface area contributed by atoms with Crippen LogP contribution in [0.3, 0.4) is 0 Å². The molecule has 0 saturated carbocycles. The van der Waals surface area contributed by atoms with Crippen molar-refractivity contribution in [2.75, 3.05) is 0 Å². The first-order valence-electron chi connectivity index (χ1n) is 7.15.